The molecule has 21 heavy (non-hydrogen) atoms. The molecule has 0 aliphatic rings. The van der Waals surface area contributed by atoms with Crippen LogP contribution in [-0.2, 0) is 0 Å². The molecule has 0 unspecified atom stereocenters. The third kappa shape index (κ3) is 4.67. The lowest BCUT2D eigenvalue weighted by atomic mass is 10.0. The predicted molar refractivity (Wildman–Crippen MR) is 82.5 cm³/mol. The van der Waals surface area contributed by atoms with Gasteiger partial charge in [0, 0.05) is 0 Å². The Morgan fingerprint density at radius 1 is 1.14 bits per heavy atom. The smallest absolute Gasteiger partial charge is 0.269 e. The summed E-state index contributed by atoms with van der Waals surface area (Å²) in [5.74, 6) is 1.37. The quantitative estimate of drug-likeness (QED) is 0.444. The van der Waals surface area contributed by atoms with Crippen LogP contribution in [0.4, 0.5) is 0 Å². The molecule has 114 valence electrons. The van der Waals surface area contributed by atoms with Gasteiger partial charge in [0.1, 0.15) is 6.07 Å². The second-order valence-electron chi connectivity index (χ2n) is 4.20. The summed E-state index contributed by atoms with van der Waals surface area (Å²) in [5.41, 5.74) is -2.17. The van der Waals surface area contributed by atoms with Crippen LogP contribution < -0.4 is 20.5 Å². The predicted octanol–water partition coefficient (Wildman–Crippen LogP) is -0.242. The van der Waals surface area contributed by atoms with Crippen molar-refractivity contribution in [3.05, 3.63) is 31.4 Å². The summed E-state index contributed by atoms with van der Waals surface area (Å²) < 4.78 is 4.84. The van der Waals surface area contributed by atoms with Gasteiger partial charge >= 0.3 is 0 Å². The molecule has 0 saturated heterocycles. The molecule has 0 bridgehead atoms. The van der Waals surface area contributed by atoms with Gasteiger partial charge in [0.05, 0.1) is 37.4 Å². The van der Waals surface area contributed by atoms with Gasteiger partial charge in [-0.25, -0.2) is 5.87 Å². The van der Waals surface area contributed by atoms with Crippen molar-refractivity contribution in [2.45, 2.75) is 27.7 Å². The van der Waals surface area contributed by atoms with Gasteiger partial charge in [-0.15, -0.1) is 0 Å². The van der Waals surface area contributed by atoms with E-state index >= 15 is 0 Å². The number of hydrogen-bond donors (Lipinski definition) is 1. The Bertz CT molecular complexity index is 605. The number of hydrogen-bond acceptors (Lipinski definition) is 4. The second kappa shape index (κ2) is 9.65. The van der Waals surface area contributed by atoms with Gasteiger partial charge in [-0.05, 0) is 27.7 Å². The SMILES string of the molecule is CCOc1c(C(=C=[N-])C#N)c(=O)c1=O.CC[NH+](CC)CC. The second-order valence-corrected chi connectivity index (χ2v) is 4.20. The van der Waals surface area contributed by atoms with Crippen LogP contribution in [0.3, 0.4) is 0 Å². The van der Waals surface area contributed by atoms with Gasteiger partial charge < -0.3 is 15.0 Å². The summed E-state index contributed by atoms with van der Waals surface area (Å²) in [5, 5.41) is 17.0. The van der Waals surface area contributed by atoms with Crippen LogP contribution in [0.25, 0.3) is 11.0 Å². The molecular weight excluding hydrogens is 270 g/mol. The molecule has 0 saturated carbocycles. The maximum absolute atomic E-state index is 11.0. The Kier molecular flexibility index (Phi) is 8.63. The summed E-state index contributed by atoms with van der Waals surface area (Å²) in [6.45, 7) is 12.3. The largest absolute Gasteiger partial charge is 0.762 e. The lowest BCUT2D eigenvalue weighted by Gasteiger charge is -2.10. The average Bonchev–Trinajstić information content (AvgIpc) is 2.52. The zero-order valence-corrected chi connectivity index (χ0v) is 12.9. The maximum Gasteiger partial charge on any atom is 0.269 e. The van der Waals surface area contributed by atoms with Crippen LogP contribution in [0.2, 0.25) is 0 Å². The van der Waals surface area contributed by atoms with Crippen molar-refractivity contribution in [1.82, 2.24) is 0 Å². The molecule has 1 rings (SSSR count). The molecule has 6 heteroatoms. The fourth-order valence-electron chi connectivity index (χ4n) is 1.77. The van der Waals surface area contributed by atoms with Crippen molar-refractivity contribution in [2.75, 3.05) is 26.2 Å². The first-order valence-corrected chi connectivity index (χ1v) is 6.99. The molecule has 1 N–H and O–H groups in total. The highest BCUT2D eigenvalue weighted by atomic mass is 16.5. The van der Waals surface area contributed by atoms with Crippen LogP contribution in [-0.4, -0.2) is 32.1 Å². The Morgan fingerprint density at radius 3 is 1.95 bits per heavy atom. The number of nitrogens with one attached hydrogen (secondary N) is 1. The van der Waals surface area contributed by atoms with E-state index < -0.39 is 10.9 Å². The molecule has 0 heterocycles. The third-order valence-corrected chi connectivity index (χ3v) is 3.13. The van der Waals surface area contributed by atoms with Gasteiger partial charge in [0.2, 0.25) is 5.43 Å². The van der Waals surface area contributed by atoms with Crippen LogP contribution in [0, 0.1) is 11.3 Å². The van der Waals surface area contributed by atoms with E-state index in [1.165, 1.54) is 31.6 Å². The highest BCUT2D eigenvalue weighted by Crippen LogP contribution is 2.18. The third-order valence-electron chi connectivity index (χ3n) is 3.13. The monoisotopic (exact) mass is 291 g/mol. The fourth-order valence-corrected chi connectivity index (χ4v) is 1.77. The van der Waals surface area contributed by atoms with Crippen molar-refractivity contribution in [3.63, 3.8) is 0 Å². The van der Waals surface area contributed by atoms with Gasteiger partial charge in [-0.3, -0.25) is 9.59 Å². The van der Waals surface area contributed by atoms with Crippen molar-refractivity contribution in [2.24, 2.45) is 0 Å². The number of allylic oxidation sites excluding steroid dienone is 1. The topological polar surface area (TPSA) is 93.9 Å². The molecule has 0 aliphatic carbocycles. The van der Waals surface area contributed by atoms with E-state index in [9.17, 15) is 9.59 Å². The molecule has 0 spiro atoms. The van der Waals surface area contributed by atoms with E-state index in [1.54, 1.807) is 11.8 Å². The van der Waals surface area contributed by atoms with E-state index in [4.69, 9.17) is 15.4 Å². The molecule has 0 fully saturated rings. The van der Waals surface area contributed by atoms with E-state index in [0.717, 1.165) is 0 Å². The summed E-state index contributed by atoms with van der Waals surface area (Å²) in [7, 11) is 0. The lowest BCUT2D eigenvalue weighted by Crippen LogP contribution is -3.11. The number of quaternary nitrogens is 1. The Labute approximate surface area is 124 Å². The minimum atomic E-state index is -0.827. The van der Waals surface area contributed by atoms with Crippen molar-refractivity contribution < 1.29 is 9.64 Å². The van der Waals surface area contributed by atoms with Crippen LogP contribution in [0.15, 0.2) is 9.59 Å². The minimum Gasteiger partial charge on any atom is -0.762 e. The normalized spacial score (nSPS) is 9.52. The van der Waals surface area contributed by atoms with Gasteiger partial charge in [-0.2, -0.15) is 5.26 Å². The summed E-state index contributed by atoms with van der Waals surface area (Å²) in [6, 6.07) is 1.54. The first-order valence-electron chi connectivity index (χ1n) is 6.99. The highest BCUT2D eigenvalue weighted by molar-refractivity contribution is 6.00. The lowest BCUT2D eigenvalue weighted by molar-refractivity contribution is -0.894. The molecule has 1 aromatic rings. The molecule has 0 aromatic heterocycles. The molecule has 0 atom stereocenters. The Hall–Kier alpha value is -2.22. The zero-order valence-electron chi connectivity index (χ0n) is 12.9. The van der Waals surface area contributed by atoms with Gasteiger partial charge in [0.25, 0.3) is 5.43 Å². The van der Waals surface area contributed by atoms with E-state index in [1.807, 2.05) is 0 Å². The van der Waals surface area contributed by atoms with Crippen molar-refractivity contribution >= 4 is 11.4 Å². The summed E-state index contributed by atoms with van der Waals surface area (Å²) >= 11 is 0. The standard InChI is InChI=1S/C9H5N2O3.C6H15N/c1-2-14-9-6(5(3-10)4-11)7(12)8(9)13;1-4-7(5-2)6-3/h2H2,1H3;4-6H2,1-3H3/q-1;/p+1. The van der Waals surface area contributed by atoms with E-state index in [-0.39, 0.29) is 23.5 Å². The van der Waals surface area contributed by atoms with Crippen LogP contribution in [0.1, 0.15) is 33.3 Å². The van der Waals surface area contributed by atoms with Crippen LogP contribution >= 0.6 is 0 Å². The van der Waals surface area contributed by atoms with Crippen LogP contribution in [0.5, 0.6) is 5.75 Å². The fraction of sp³-hybridized carbons (Fsp3) is 0.533. The number of rotatable bonds is 6. The Balaban J connectivity index is 0.000000486. The summed E-state index contributed by atoms with van der Waals surface area (Å²) in [4.78, 5) is 23.6. The zero-order chi connectivity index (χ0) is 16.4. The molecule has 1 aromatic carbocycles. The summed E-state index contributed by atoms with van der Waals surface area (Å²) in [6.07, 6.45) is 0. The van der Waals surface area contributed by atoms with Gasteiger partial charge in [-0.1, -0.05) is 0 Å². The molecule has 0 amide bonds. The molecular formula is C15H21N3O3. The Morgan fingerprint density at radius 2 is 1.67 bits per heavy atom. The average molecular weight is 291 g/mol. The van der Waals surface area contributed by atoms with E-state index in [2.05, 4.69) is 20.8 Å². The molecule has 0 aliphatic heterocycles. The van der Waals surface area contributed by atoms with Crippen molar-refractivity contribution in [1.29, 1.82) is 5.26 Å². The first kappa shape index (κ1) is 18.8. The minimum absolute atomic E-state index is 0.171. The first-order chi connectivity index (χ1) is 10.0. The maximum atomic E-state index is 11.0. The molecule has 6 nitrogen and oxygen atoms in total. The number of ether oxygens (including phenoxy) is 1. The number of nitriles is 1. The molecule has 0 radical (unpaired) electrons. The number of nitrogens with zero attached hydrogens (tertiary/aromatic N) is 2. The van der Waals surface area contributed by atoms with E-state index in [0.29, 0.717) is 0 Å². The van der Waals surface area contributed by atoms with Gasteiger partial charge in [0.15, 0.2) is 5.75 Å². The highest BCUT2D eigenvalue weighted by Gasteiger charge is 2.24. The van der Waals surface area contributed by atoms with Crippen molar-refractivity contribution in [3.8, 4) is 11.8 Å².